The average molecular weight is 424 g/mol. The minimum Gasteiger partial charge on any atom is -0.394 e. The number of hydrogen-bond acceptors (Lipinski definition) is 6. The molecule has 1 amide bonds. The summed E-state index contributed by atoms with van der Waals surface area (Å²) in [6.07, 6.45) is -3.47. The van der Waals surface area contributed by atoms with E-state index in [1.54, 1.807) is 6.92 Å². The van der Waals surface area contributed by atoms with Gasteiger partial charge in [0.1, 0.15) is 11.5 Å². The van der Waals surface area contributed by atoms with E-state index < -0.39 is 29.8 Å². The molecule has 1 atom stereocenters. The van der Waals surface area contributed by atoms with Crippen molar-refractivity contribution in [3.63, 3.8) is 0 Å². The normalized spacial score (nSPS) is 12.6. The lowest BCUT2D eigenvalue weighted by molar-refractivity contribution is -0.146. The Morgan fingerprint density at radius 3 is 2.63 bits per heavy atom. The van der Waals surface area contributed by atoms with Gasteiger partial charge in [0.05, 0.1) is 12.3 Å². The first-order valence-electron chi connectivity index (χ1n) is 8.65. The lowest BCUT2D eigenvalue weighted by atomic mass is 10.0. The number of nitrogens with zero attached hydrogens (tertiary/aromatic N) is 5. The third-order valence-corrected chi connectivity index (χ3v) is 4.05. The summed E-state index contributed by atoms with van der Waals surface area (Å²) < 4.78 is 54.6. The molecule has 3 aromatic rings. The Morgan fingerprint density at radius 1 is 1.27 bits per heavy atom. The molecule has 0 spiro atoms. The van der Waals surface area contributed by atoms with E-state index in [0.29, 0.717) is 10.2 Å². The molecule has 0 radical (unpaired) electrons. The maximum Gasteiger partial charge on any atom is 0.453 e. The molecular formula is C18H16F4N6O2. The molecule has 0 aliphatic heterocycles. The van der Waals surface area contributed by atoms with Crippen LogP contribution in [0.15, 0.2) is 30.5 Å². The molecule has 2 heterocycles. The van der Waals surface area contributed by atoms with Gasteiger partial charge in [-0.1, -0.05) is 0 Å². The van der Waals surface area contributed by atoms with Crippen molar-refractivity contribution in [3.8, 4) is 16.9 Å². The monoisotopic (exact) mass is 424 g/mol. The van der Waals surface area contributed by atoms with Crippen LogP contribution >= 0.6 is 0 Å². The molecule has 0 saturated carbocycles. The van der Waals surface area contributed by atoms with Crippen molar-refractivity contribution < 1.29 is 27.5 Å². The third kappa shape index (κ3) is 4.43. The Bertz CT molecular complexity index is 1080. The number of benzene rings is 1. The lowest BCUT2D eigenvalue weighted by Crippen LogP contribution is -2.35. The van der Waals surface area contributed by atoms with Gasteiger partial charge >= 0.3 is 6.18 Å². The molecule has 0 aliphatic carbocycles. The van der Waals surface area contributed by atoms with Gasteiger partial charge in [-0.2, -0.15) is 17.9 Å². The standard InChI is InChI=1S/C18H16F4N6O2/c1-9-3-14(19)15(23-7-9)11-4-12(16(30)24-10(2)8-29)6-13(5-11)28-17(18(20,21)22)25-26-27-28/h3-7,10,29H,8H2,1-2H3,(H,24,30). The van der Waals surface area contributed by atoms with Crippen LogP contribution in [0.1, 0.15) is 28.7 Å². The molecule has 3 rings (SSSR count). The van der Waals surface area contributed by atoms with Gasteiger partial charge < -0.3 is 10.4 Å². The van der Waals surface area contributed by atoms with Crippen molar-refractivity contribution in [1.29, 1.82) is 0 Å². The molecule has 2 aromatic heterocycles. The Morgan fingerprint density at radius 2 is 2.00 bits per heavy atom. The van der Waals surface area contributed by atoms with Gasteiger partial charge in [0.25, 0.3) is 11.7 Å². The van der Waals surface area contributed by atoms with Crippen LogP contribution in [0.2, 0.25) is 0 Å². The number of carbonyl (C=O) groups is 1. The van der Waals surface area contributed by atoms with Gasteiger partial charge in [-0.25, -0.2) is 4.39 Å². The van der Waals surface area contributed by atoms with Crippen LogP contribution in [0, 0.1) is 12.7 Å². The number of rotatable bonds is 5. The quantitative estimate of drug-likeness (QED) is 0.609. The minimum absolute atomic E-state index is 0.0513. The molecule has 1 unspecified atom stereocenters. The van der Waals surface area contributed by atoms with E-state index >= 15 is 0 Å². The summed E-state index contributed by atoms with van der Waals surface area (Å²) in [4.78, 5) is 16.5. The van der Waals surface area contributed by atoms with Gasteiger partial charge in [-0.3, -0.25) is 9.78 Å². The summed E-state index contributed by atoms with van der Waals surface area (Å²) >= 11 is 0. The Balaban J connectivity index is 2.19. The molecule has 0 aliphatic rings. The fraction of sp³-hybridized carbons (Fsp3) is 0.278. The first-order valence-corrected chi connectivity index (χ1v) is 8.65. The number of hydrogen-bond donors (Lipinski definition) is 2. The van der Waals surface area contributed by atoms with E-state index in [1.165, 1.54) is 31.3 Å². The highest BCUT2D eigenvalue weighted by Crippen LogP contribution is 2.30. The molecular weight excluding hydrogens is 408 g/mol. The van der Waals surface area contributed by atoms with Crippen LogP contribution in [0.4, 0.5) is 17.6 Å². The number of aliphatic hydroxyl groups excluding tert-OH is 1. The molecule has 0 fully saturated rings. The molecule has 12 heteroatoms. The van der Waals surface area contributed by atoms with Gasteiger partial charge in [-0.05, 0) is 54.1 Å². The predicted octanol–water partition coefficient (Wildman–Crippen LogP) is 2.30. The second-order valence-corrected chi connectivity index (χ2v) is 6.58. The van der Waals surface area contributed by atoms with Crippen molar-refractivity contribution in [2.24, 2.45) is 0 Å². The summed E-state index contributed by atoms with van der Waals surface area (Å²) in [6, 6.07) is 4.19. The molecule has 0 bridgehead atoms. The van der Waals surface area contributed by atoms with Crippen molar-refractivity contribution in [3.05, 3.63) is 53.2 Å². The number of carbonyl (C=O) groups excluding carboxylic acids is 1. The van der Waals surface area contributed by atoms with E-state index in [9.17, 15) is 22.4 Å². The van der Waals surface area contributed by atoms with E-state index in [2.05, 4.69) is 25.8 Å². The fourth-order valence-corrected chi connectivity index (χ4v) is 2.64. The summed E-state index contributed by atoms with van der Waals surface area (Å²) in [5.74, 6) is -2.81. The zero-order valence-electron chi connectivity index (χ0n) is 15.8. The van der Waals surface area contributed by atoms with E-state index in [4.69, 9.17) is 5.11 Å². The molecule has 158 valence electrons. The summed E-state index contributed by atoms with van der Waals surface area (Å²) in [6.45, 7) is 2.81. The first-order chi connectivity index (χ1) is 14.1. The number of aliphatic hydroxyl groups is 1. The Kier molecular flexibility index (Phi) is 5.78. The highest BCUT2D eigenvalue weighted by molar-refractivity contribution is 5.96. The van der Waals surface area contributed by atoms with Crippen LogP contribution in [0.5, 0.6) is 0 Å². The molecule has 2 N–H and O–H groups in total. The van der Waals surface area contributed by atoms with Gasteiger partial charge in [0.15, 0.2) is 0 Å². The zero-order chi connectivity index (χ0) is 22.1. The number of tetrazole rings is 1. The maximum absolute atomic E-state index is 14.5. The molecule has 8 nitrogen and oxygen atoms in total. The lowest BCUT2D eigenvalue weighted by Gasteiger charge is -2.14. The molecule has 30 heavy (non-hydrogen) atoms. The Hall–Kier alpha value is -3.41. The van der Waals surface area contributed by atoms with Crippen molar-refractivity contribution in [2.75, 3.05) is 6.61 Å². The third-order valence-electron chi connectivity index (χ3n) is 4.05. The number of halogens is 4. The number of aromatic nitrogens is 5. The fourth-order valence-electron chi connectivity index (χ4n) is 2.64. The van der Waals surface area contributed by atoms with Crippen LogP contribution in [0.3, 0.4) is 0 Å². The SMILES string of the molecule is Cc1cnc(-c2cc(C(=O)NC(C)CO)cc(-n3nnnc3C(F)(F)F)c2)c(F)c1. The average Bonchev–Trinajstić information content (AvgIpc) is 3.18. The number of alkyl halides is 3. The maximum atomic E-state index is 14.5. The first kappa shape index (κ1) is 21.3. The van der Waals surface area contributed by atoms with Crippen LogP contribution in [-0.4, -0.2) is 48.9 Å². The van der Waals surface area contributed by atoms with Crippen molar-refractivity contribution in [1.82, 2.24) is 30.5 Å². The number of amides is 1. The largest absolute Gasteiger partial charge is 0.453 e. The van der Waals surface area contributed by atoms with Gasteiger partial charge in [0, 0.05) is 23.4 Å². The van der Waals surface area contributed by atoms with E-state index in [-0.39, 0.29) is 29.1 Å². The summed E-state index contributed by atoms with van der Waals surface area (Å²) in [5, 5.41) is 21.0. The van der Waals surface area contributed by atoms with Crippen LogP contribution < -0.4 is 5.32 Å². The topological polar surface area (TPSA) is 106 Å². The summed E-state index contributed by atoms with van der Waals surface area (Å²) in [5.41, 5.74) is 0.132. The second-order valence-electron chi connectivity index (χ2n) is 6.58. The zero-order valence-corrected chi connectivity index (χ0v) is 15.8. The van der Waals surface area contributed by atoms with Gasteiger partial charge in [-0.15, -0.1) is 5.10 Å². The second kappa shape index (κ2) is 8.14. The highest BCUT2D eigenvalue weighted by Gasteiger charge is 2.38. The van der Waals surface area contributed by atoms with Crippen molar-refractivity contribution in [2.45, 2.75) is 26.1 Å². The number of nitrogens with one attached hydrogen (secondary N) is 1. The molecule has 0 saturated heterocycles. The number of pyridine rings is 1. The molecule has 1 aromatic carbocycles. The van der Waals surface area contributed by atoms with Crippen LogP contribution in [-0.2, 0) is 6.18 Å². The summed E-state index contributed by atoms with van der Waals surface area (Å²) in [7, 11) is 0. The Labute approximate surface area is 167 Å². The minimum atomic E-state index is -4.86. The number of aryl methyl sites for hydroxylation is 1. The van der Waals surface area contributed by atoms with Gasteiger partial charge in [0.2, 0.25) is 0 Å². The smallest absolute Gasteiger partial charge is 0.394 e. The van der Waals surface area contributed by atoms with E-state index in [1.807, 2.05) is 0 Å². The van der Waals surface area contributed by atoms with Crippen LogP contribution in [0.25, 0.3) is 16.9 Å². The highest BCUT2D eigenvalue weighted by atomic mass is 19.4. The van der Waals surface area contributed by atoms with Crippen molar-refractivity contribution >= 4 is 5.91 Å². The van der Waals surface area contributed by atoms with E-state index in [0.717, 1.165) is 6.07 Å². The predicted molar refractivity (Wildman–Crippen MR) is 96.1 cm³/mol.